The lowest BCUT2D eigenvalue weighted by Gasteiger charge is -2.03. The molecule has 20 heavy (non-hydrogen) atoms. The van der Waals surface area contributed by atoms with Crippen LogP contribution < -0.4 is 9.41 Å². The maximum Gasteiger partial charge on any atom is 0.243 e. The molecule has 0 aliphatic rings. The second kappa shape index (κ2) is 6.13. The molecular formula is C15H12N2O2S. The summed E-state index contributed by atoms with van der Waals surface area (Å²) >= 11 is 1.32. The van der Waals surface area contributed by atoms with Gasteiger partial charge in [-0.15, -0.1) is 11.3 Å². The zero-order valence-electron chi connectivity index (χ0n) is 11.1. The lowest BCUT2D eigenvalue weighted by atomic mass is 10.2. The van der Waals surface area contributed by atoms with Crippen LogP contribution in [-0.2, 0) is 4.79 Å². The maximum absolute atomic E-state index is 11.1. The summed E-state index contributed by atoms with van der Waals surface area (Å²) in [6.45, 7) is 1.37. The van der Waals surface area contributed by atoms with Crippen LogP contribution in [0.3, 0.4) is 0 Å². The highest BCUT2D eigenvalue weighted by Crippen LogP contribution is 2.24. The van der Waals surface area contributed by atoms with E-state index in [4.69, 9.17) is 10.00 Å². The fraction of sp³-hybridized carbons (Fsp3) is 0.133. The van der Waals surface area contributed by atoms with E-state index >= 15 is 0 Å². The Labute approximate surface area is 120 Å². The molecule has 0 aliphatic heterocycles. The van der Waals surface area contributed by atoms with Crippen molar-refractivity contribution >= 4 is 17.2 Å². The molecule has 4 nitrogen and oxygen atoms in total. The topological polar surface area (TPSA) is 62.4 Å². The molecule has 0 atom stereocenters. The third-order valence-corrected chi connectivity index (χ3v) is 3.69. The Kier molecular flexibility index (Phi) is 4.28. The zero-order valence-corrected chi connectivity index (χ0v) is 11.9. The number of carbonyl (C=O) groups is 1. The Morgan fingerprint density at radius 2 is 1.95 bits per heavy atom. The molecule has 0 radical (unpaired) electrons. The Balaban J connectivity index is 2.53. The molecule has 0 spiro atoms. The Hall–Kier alpha value is -2.45. The Bertz CT molecular complexity index is 740. The third kappa shape index (κ3) is 3.11. The molecule has 0 aliphatic carbocycles. The lowest BCUT2D eigenvalue weighted by Crippen LogP contribution is -2.06. The number of methoxy groups -OCH3 is 1. The van der Waals surface area contributed by atoms with Crippen LogP contribution >= 0.6 is 11.3 Å². The van der Waals surface area contributed by atoms with Gasteiger partial charge in [0.1, 0.15) is 16.5 Å². The van der Waals surface area contributed by atoms with Crippen molar-refractivity contribution in [3.63, 3.8) is 0 Å². The number of nitrogens with zero attached hydrogens (tertiary/aromatic N) is 2. The van der Waals surface area contributed by atoms with Gasteiger partial charge in [0, 0.05) is 11.8 Å². The molecule has 1 aromatic heterocycles. The van der Waals surface area contributed by atoms with Gasteiger partial charge in [0.15, 0.2) is 0 Å². The first kappa shape index (κ1) is 14.0. The largest absolute Gasteiger partial charge is 0.497 e. The van der Waals surface area contributed by atoms with E-state index in [0.717, 1.165) is 16.2 Å². The first-order valence-corrected chi connectivity index (χ1v) is 6.69. The Morgan fingerprint density at radius 1 is 1.25 bits per heavy atom. The second-order valence-electron chi connectivity index (χ2n) is 3.99. The first-order chi connectivity index (χ1) is 9.63. The molecule has 0 bridgehead atoms. The highest BCUT2D eigenvalue weighted by atomic mass is 32.1. The summed E-state index contributed by atoms with van der Waals surface area (Å²) in [5.41, 5.74) is 1.39. The fourth-order valence-electron chi connectivity index (χ4n) is 1.65. The number of ether oxygens (including phenoxy) is 1. The summed E-state index contributed by atoms with van der Waals surface area (Å²) in [4.78, 5) is 15.9. The van der Waals surface area contributed by atoms with Crippen molar-refractivity contribution in [3.8, 4) is 22.3 Å². The number of amides is 1. The minimum Gasteiger partial charge on any atom is -0.497 e. The normalized spacial score (nSPS) is 10.9. The van der Waals surface area contributed by atoms with Crippen molar-refractivity contribution in [1.82, 2.24) is 0 Å². The average molecular weight is 284 g/mol. The zero-order chi connectivity index (χ0) is 14.5. The van der Waals surface area contributed by atoms with Crippen molar-refractivity contribution in [2.75, 3.05) is 7.11 Å². The number of rotatable bonds is 2. The molecule has 0 saturated carbocycles. The van der Waals surface area contributed by atoms with Gasteiger partial charge in [0.2, 0.25) is 5.91 Å². The molecule has 1 amide bonds. The number of benzene rings is 1. The quantitative estimate of drug-likeness (QED) is 0.851. The van der Waals surface area contributed by atoms with Gasteiger partial charge in [0.05, 0.1) is 12.7 Å². The van der Waals surface area contributed by atoms with Gasteiger partial charge >= 0.3 is 0 Å². The second-order valence-corrected chi connectivity index (χ2v) is 5.02. The van der Waals surface area contributed by atoms with E-state index in [1.165, 1.54) is 18.3 Å². The molecule has 1 aromatic carbocycles. The van der Waals surface area contributed by atoms with E-state index in [-0.39, 0.29) is 5.91 Å². The summed E-state index contributed by atoms with van der Waals surface area (Å²) in [6, 6.07) is 13.1. The van der Waals surface area contributed by atoms with Crippen molar-refractivity contribution < 1.29 is 9.53 Å². The monoisotopic (exact) mass is 284 g/mol. The minimum absolute atomic E-state index is 0.315. The van der Waals surface area contributed by atoms with E-state index < -0.39 is 0 Å². The summed E-state index contributed by atoms with van der Waals surface area (Å²) in [6.07, 6.45) is 0. The van der Waals surface area contributed by atoms with E-state index in [2.05, 4.69) is 4.99 Å². The van der Waals surface area contributed by atoms with Crippen LogP contribution in [0.1, 0.15) is 12.5 Å². The number of hydrogen-bond donors (Lipinski definition) is 0. The van der Waals surface area contributed by atoms with Gasteiger partial charge in [-0.2, -0.15) is 5.26 Å². The van der Waals surface area contributed by atoms with Crippen molar-refractivity contribution in [2.45, 2.75) is 6.92 Å². The van der Waals surface area contributed by atoms with Gasteiger partial charge in [-0.3, -0.25) is 4.79 Å². The van der Waals surface area contributed by atoms with Crippen molar-refractivity contribution in [2.24, 2.45) is 4.99 Å². The summed E-state index contributed by atoms with van der Waals surface area (Å²) < 4.78 is 5.55. The van der Waals surface area contributed by atoms with E-state index in [1.807, 2.05) is 36.4 Å². The maximum atomic E-state index is 11.1. The molecule has 1 heterocycles. The summed E-state index contributed by atoms with van der Waals surface area (Å²) in [7, 11) is 1.61. The molecule has 2 rings (SSSR count). The van der Waals surface area contributed by atoms with Gasteiger partial charge in [-0.25, -0.2) is 4.99 Å². The predicted molar refractivity (Wildman–Crippen MR) is 77.3 cm³/mol. The van der Waals surface area contributed by atoms with Crippen LogP contribution in [0.25, 0.3) is 10.4 Å². The van der Waals surface area contributed by atoms with Crippen LogP contribution in [0.4, 0.5) is 0 Å². The molecule has 2 aromatic rings. The highest BCUT2D eigenvalue weighted by Gasteiger charge is 2.04. The number of hydrogen-bond acceptors (Lipinski definition) is 4. The molecule has 0 fully saturated rings. The van der Waals surface area contributed by atoms with E-state index in [1.54, 1.807) is 13.2 Å². The SMILES string of the molecule is COc1ccc(-c2ccc(C#N)c(=NC(C)=O)s2)cc1. The van der Waals surface area contributed by atoms with Gasteiger partial charge in [0.25, 0.3) is 0 Å². The molecular weight excluding hydrogens is 272 g/mol. The van der Waals surface area contributed by atoms with Crippen LogP contribution in [0.15, 0.2) is 41.4 Å². The van der Waals surface area contributed by atoms with Gasteiger partial charge in [-0.1, -0.05) is 0 Å². The molecule has 5 heteroatoms. The Morgan fingerprint density at radius 3 is 2.50 bits per heavy atom. The van der Waals surface area contributed by atoms with Gasteiger partial charge < -0.3 is 4.74 Å². The van der Waals surface area contributed by atoms with Crippen LogP contribution in [0, 0.1) is 11.3 Å². The van der Waals surface area contributed by atoms with Crippen molar-refractivity contribution in [3.05, 3.63) is 46.6 Å². The van der Waals surface area contributed by atoms with E-state index in [9.17, 15) is 4.79 Å². The van der Waals surface area contributed by atoms with Crippen LogP contribution in [0.5, 0.6) is 5.75 Å². The van der Waals surface area contributed by atoms with Crippen LogP contribution in [-0.4, -0.2) is 13.0 Å². The average Bonchev–Trinajstić information content (AvgIpc) is 2.46. The third-order valence-electron chi connectivity index (χ3n) is 2.59. The highest BCUT2D eigenvalue weighted by molar-refractivity contribution is 7.12. The summed E-state index contributed by atoms with van der Waals surface area (Å²) in [5, 5.41) is 9.03. The van der Waals surface area contributed by atoms with Crippen molar-refractivity contribution in [1.29, 1.82) is 5.26 Å². The fourth-order valence-corrected chi connectivity index (χ4v) is 2.64. The lowest BCUT2D eigenvalue weighted by molar-refractivity contribution is -0.116. The number of nitriles is 1. The minimum atomic E-state index is -0.315. The predicted octanol–water partition coefficient (Wildman–Crippen LogP) is 2.74. The molecule has 0 unspecified atom stereocenters. The number of carbonyl (C=O) groups excluding carboxylic acids is 1. The van der Waals surface area contributed by atoms with Gasteiger partial charge in [-0.05, 0) is 42.0 Å². The van der Waals surface area contributed by atoms with Crippen LogP contribution in [0.2, 0.25) is 0 Å². The first-order valence-electron chi connectivity index (χ1n) is 5.88. The van der Waals surface area contributed by atoms with E-state index in [0.29, 0.717) is 10.2 Å². The molecule has 0 saturated heterocycles. The molecule has 0 N–H and O–H groups in total. The molecule has 100 valence electrons. The summed E-state index contributed by atoms with van der Waals surface area (Å²) in [5.74, 6) is 0.464. The standard InChI is InChI=1S/C15H12N2O2S/c1-10(18)17-15-12(9-16)5-8-14(20-15)11-3-6-13(19-2)7-4-11/h3-8H,1-2H3. The smallest absolute Gasteiger partial charge is 0.243 e.